The maximum absolute atomic E-state index is 13.6. The van der Waals surface area contributed by atoms with Gasteiger partial charge in [-0.25, -0.2) is 8.78 Å². The van der Waals surface area contributed by atoms with Crippen molar-refractivity contribution in [3.8, 4) is 0 Å². The molecule has 0 heterocycles. The number of nitrogens with two attached hydrogens (primary N) is 1. The molecule has 0 radical (unpaired) electrons. The average Bonchev–Trinajstić information content (AvgIpc) is 2.51. The van der Waals surface area contributed by atoms with Crippen LogP contribution < -0.4 is 11.1 Å². The molecule has 2 aliphatic carbocycles. The number of hydrogen-bond acceptors (Lipinski definition) is 2. The number of halogens is 2. The van der Waals surface area contributed by atoms with Crippen LogP contribution >= 0.6 is 0 Å². The first-order chi connectivity index (χ1) is 11.1. The smallest absolute Gasteiger partial charge is 0.223 e. The number of amides is 1. The third-order valence-corrected chi connectivity index (χ3v) is 5.51. The molecule has 5 heteroatoms. The molecule has 1 aromatic carbocycles. The Balaban J connectivity index is 1.51. The number of benzene rings is 1. The SMILES string of the molecule is NC1C2CCCC1CC(C(=O)NCCc1cccc(F)c1F)C2. The minimum Gasteiger partial charge on any atom is -0.356 e. The van der Waals surface area contributed by atoms with Gasteiger partial charge in [0.25, 0.3) is 0 Å². The summed E-state index contributed by atoms with van der Waals surface area (Å²) in [6.45, 7) is 0.330. The minimum absolute atomic E-state index is 0.0162. The fourth-order valence-electron chi connectivity index (χ4n) is 4.21. The summed E-state index contributed by atoms with van der Waals surface area (Å²) in [4.78, 5) is 12.4. The van der Waals surface area contributed by atoms with Gasteiger partial charge in [-0.15, -0.1) is 0 Å². The van der Waals surface area contributed by atoms with Crippen molar-refractivity contribution >= 4 is 5.91 Å². The fraction of sp³-hybridized carbons (Fsp3) is 0.611. The van der Waals surface area contributed by atoms with Crippen LogP contribution in [0.25, 0.3) is 0 Å². The largest absolute Gasteiger partial charge is 0.356 e. The average molecular weight is 322 g/mol. The van der Waals surface area contributed by atoms with E-state index in [1.807, 2.05) is 0 Å². The first-order valence-corrected chi connectivity index (χ1v) is 8.52. The molecule has 2 bridgehead atoms. The summed E-state index contributed by atoms with van der Waals surface area (Å²) in [5, 5.41) is 2.88. The van der Waals surface area contributed by atoms with Crippen LogP contribution in [0.2, 0.25) is 0 Å². The predicted molar refractivity (Wildman–Crippen MR) is 84.6 cm³/mol. The Kier molecular flexibility index (Phi) is 4.95. The lowest BCUT2D eigenvalue weighted by Gasteiger charge is -2.43. The maximum atomic E-state index is 13.6. The van der Waals surface area contributed by atoms with Crippen LogP contribution in [-0.4, -0.2) is 18.5 Å². The van der Waals surface area contributed by atoms with E-state index in [1.165, 1.54) is 12.5 Å². The third-order valence-electron chi connectivity index (χ3n) is 5.51. The van der Waals surface area contributed by atoms with Gasteiger partial charge in [0.15, 0.2) is 11.6 Å². The summed E-state index contributed by atoms with van der Waals surface area (Å²) < 4.78 is 26.7. The van der Waals surface area contributed by atoms with E-state index in [9.17, 15) is 13.6 Å². The number of hydrogen-bond donors (Lipinski definition) is 2. The van der Waals surface area contributed by atoms with Crippen molar-refractivity contribution < 1.29 is 13.6 Å². The molecule has 2 atom stereocenters. The Hall–Kier alpha value is -1.49. The Morgan fingerprint density at radius 3 is 2.61 bits per heavy atom. The van der Waals surface area contributed by atoms with Gasteiger partial charge in [-0.05, 0) is 55.6 Å². The molecule has 0 spiro atoms. The molecule has 126 valence electrons. The Labute approximate surface area is 135 Å². The highest BCUT2D eigenvalue weighted by atomic mass is 19.2. The number of carbonyl (C=O) groups is 1. The number of fused-ring (bicyclic) bond motifs is 2. The lowest BCUT2D eigenvalue weighted by atomic mass is 9.65. The normalized spacial score (nSPS) is 30.0. The molecule has 2 unspecified atom stereocenters. The molecule has 3 N–H and O–H groups in total. The van der Waals surface area contributed by atoms with Gasteiger partial charge < -0.3 is 11.1 Å². The van der Waals surface area contributed by atoms with Crippen molar-refractivity contribution in [2.45, 2.75) is 44.6 Å². The molecule has 1 amide bonds. The fourth-order valence-corrected chi connectivity index (χ4v) is 4.21. The van der Waals surface area contributed by atoms with Crippen molar-refractivity contribution in [2.75, 3.05) is 6.54 Å². The Morgan fingerprint density at radius 2 is 1.91 bits per heavy atom. The molecule has 2 fully saturated rings. The van der Waals surface area contributed by atoms with Gasteiger partial charge in [0, 0.05) is 18.5 Å². The van der Waals surface area contributed by atoms with E-state index in [1.54, 1.807) is 6.07 Å². The van der Waals surface area contributed by atoms with Gasteiger partial charge in [0.2, 0.25) is 5.91 Å². The lowest BCUT2D eigenvalue weighted by Crippen LogP contribution is -2.49. The highest BCUT2D eigenvalue weighted by Crippen LogP contribution is 2.41. The van der Waals surface area contributed by atoms with E-state index >= 15 is 0 Å². The molecule has 23 heavy (non-hydrogen) atoms. The van der Waals surface area contributed by atoms with Crippen LogP contribution in [0, 0.1) is 29.4 Å². The number of carbonyl (C=O) groups excluding carboxylic acids is 1. The molecule has 3 rings (SSSR count). The zero-order valence-electron chi connectivity index (χ0n) is 13.2. The Morgan fingerprint density at radius 1 is 1.22 bits per heavy atom. The van der Waals surface area contributed by atoms with Crippen molar-refractivity contribution in [3.63, 3.8) is 0 Å². The topological polar surface area (TPSA) is 55.1 Å². The second kappa shape index (κ2) is 6.95. The third kappa shape index (κ3) is 3.55. The van der Waals surface area contributed by atoms with Crippen LogP contribution in [0.1, 0.15) is 37.7 Å². The van der Waals surface area contributed by atoms with E-state index < -0.39 is 11.6 Å². The van der Waals surface area contributed by atoms with Gasteiger partial charge in [0.05, 0.1) is 0 Å². The van der Waals surface area contributed by atoms with Crippen LogP contribution in [0.3, 0.4) is 0 Å². The highest BCUT2D eigenvalue weighted by molar-refractivity contribution is 5.78. The van der Waals surface area contributed by atoms with Crippen molar-refractivity contribution in [3.05, 3.63) is 35.4 Å². The molecule has 2 saturated carbocycles. The summed E-state index contributed by atoms with van der Waals surface area (Å²) in [6, 6.07) is 4.38. The molecular weight excluding hydrogens is 298 g/mol. The van der Waals surface area contributed by atoms with Crippen LogP contribution in [-0.2, 0) is 11.2 Å². The molecular formula is C18H24F2N2O. The van der Waals surface area contributed by atoms with E-state index in [4.69, 9.17) is 5.73 Å². The summed E-state index contributed by atoms with van der Waals surface area (Å²) >= 11 is 0. The lowest BCUT2D eigenvalue weighted by molar-refractivity contribution is -0.127. The highest BCUT2D eigenvalue weighted by Gasteiger charge is 2.40. The quantitative estimate of drug-likeness (QED) is 0.895. The van der Waals surface area contributed by atoms with Crippen molar-refractivity contribution in [2.24, 2.45) is 23.5 Å². The maximum Gasteiger partial charge on any atom is 0.223 e. The number of rotatable bonds is 4. The van der Waals surface area contributed by atoms with Gasteiger partial charge in [0.1, 0.15) is 0 Å². The number of nitrogens with one attached hydrogen (secondary N) is 1. The second-order valence-corrected chi connectivity index (χ2v) is 6.95. The minimum atomic E-state index is -0.845. The van der Waals surface area contributed by atoms with Crippen molar-refractivity contribution in [1.29, 1.82) is 0 Å². The summed E-state index contributed by atoms with van der Waals surface area (Å²) in [5.41, 5.74) is 6.54. The first-order valence-electron chi connectivity index (χ1n) is 8.52. The summed E-state index contributed by atoms with van der Waals surface area (Å²) in [5.74, 6) is -0.700. The summed E-state index contributed by atoms with van der Waals surface area (Å²) in [6.07, 6.45) is 5.48. The van der Waals surface area contributed by atoms with Crippen molar-refractivity contribution in [1.82, 2.24) is 5.32 Å². The molecule has 1 aromatic rings. The van der Waals surface area contributed by atoms with E-state index in [0.717, 1.165) is 31.7 Å². The molecule has 0 aromatic heterocycles. The van der Waals surface area contributed by atoms with E-state index in [2.05, 4.69) is 5.32 Å². The van der Waals surface area contributed by atoms with E-state index in [-0.39, 0.29) is 17.9 Å². The van der Waals surface area contributed by atoms with Crippen LogP contribution in [0.15, 0.2) is 18.2 Å². The molecule has 3 nitrogen and oxygen atoms in total. The standard InChI is InChI=1S/C18H24F2N2O/c19-15-6-2-3-11(16(15)20)7-8-22-18(23)14-9-12-4-1-5-13(10-14)17(12)21/h2-3,6,12-14,17H,1,4-5,7-10,21H2,(H,22,23). The molecule has 0 saturated heterocycles. The first kappa shape index (κ1) is 16.4. The Bertz CT molecular complexity index is 564. The monoisotopic (exact) mass is 322 g/mol. The van der Waals surface area contributed by atoms with Gasteiger partial charge in [-0.1, -0.05) is 18.6 Å². The van der Waals surface area contributed by atoms with E-state index in [0.29, 0.717) is 30.4 Å². The second-order valence-electron chi connectivity index (χ2n) is 6.95. The van der Waals surface area contributed by atoms with Gasteiger partial charge >= 0.3 is 0 Å². The van der Waals surface area contributed by atoms with Crippen LogP contribution in [0.5, 0.6) is 0 Å². The zero-order valence-corrected chi connectivity index (χ0v) is 13.2. The molecule has 0 aliphatic heterocycles. The van der Waals surface area contributed by atoms with Crippen LogP contribution in [0.4, 0.5) is 8.78 Å². The van der Waals surface area contributed by atoms with Gasteiger partial charge in [-0.2, -0.15) is 0 Å². The zero-order chi connectivity index (χ0) is 16.4. The molecule has 2 aliphatic rings. The van der Waals surface area contributed by atoms with Gasteiger partial charge in [-0.3, -0.25) is 4.79 Å². The predicted octanol–water partition coefficient (Wildman–Crippen LogP) is 2.78. The summed E-state index contributed by atoms with van der Waals surface area (Å²) in [7, 11) is 0.